The van der Waals surface area contributed by atoms with Crippen LogP contribution >= 0.6 is 0 Å². The summed E-state index contributed by atoms with van der Waals surface area (Å²) in [4.78, 5) is 0. The Morgan fingerprint density at radius 1 is 1.16 bits per heavy atom. The molecule has 1 aromatic carbocycles. The molecule has 2 rings (SSSR count). The number of aliphatic hydroxyl groups excluding tert-OH is 1. The van der Waals surface area contributed by atoms with E-state index in [0.717, 1.165) is 43.3 Å². The summed E-state index contributed by atoms with van der Waals surface area (Å²) in [7, 11) is 0. The molecule has 3 heteroatoms. The van der Waals surface area contributed by atoms with Gasteiger partial charge in [0.2, 0.25) is 0 Å². The summed E-state index contributed by atoms with van der Waals surface area (Å²) in [5, 5.41) is 9.64. The highest BCUT2D eigenvalue weighted by atomic mass is 16.5. The molecule has 1 unspecified atom stereocenters. The zero-order valence-electron chi connectivity index (χ0n) is 16.3. The van der Waals surface area contributed by atoms with Crippen molar-refractivity contribution in [3.8, 4) is 5.75 Å². The van der Waals surface area contributed by atoms with E-state index in [1.165, 1.54) is 31.2 Å². The number of ether oxygens (including phenoxy) is 1. The predicted octanol–water partition coefficient (Wildman–Crippen LogP) is 4.70. The monoisotopic (exact) mass is 347 g/mol. The fraction of sp³-hybridized carbons (Fsp3) is 0.727. The fourth-order valence-corrected chi connectivity index (χ4v) is 3.38. The zero-order chi connectivity index (χ0) is 18.3. The minimum atomic E-state index is -0.415. The van der Waals surface area contributed by atoms with Crippen LogP contribution < -0.4 is 10.5 Å². The predicted molar refractivity (Wildman–Crippen MR) is 105 cm³/mol. The summed E-state index contributed by atoms with van der Waals surface area (Å²) in [6.45, 7) is 6.76. The Balaban J connectivity index is 1.75. The van der Waals surface area contributed by atoms with Crippen LogP contribution in [0.15, 0.2) is 24.3 Å². The number of hydrogen-bond donors (Lipinski definition) is 2. The molecule has 0 aliphatic heterocycles. The summed E-state index contributed by atoms with van der Waals surface area (Å²) in [5.74, 6) is 2.45. The lowest BCUT2D eigenvalue weighted by atomic mass is 9.88. The molecule has 0 amide bonds. The molecule has 1 aliphatic carbocycles. The van der Waals surface area contributed by atoms with Crippen LogP contribution in [0.1, 0.15) is 71.3 Å². The van der Waals surface area contributed by atoms with Crippen LogP contribution in [-0.4, -0.2) is 23.4 Å². The minimum absolute atomic E-state index is 0.0819. The molecule has 1 fully saturated rings. The summed E-state index contributed by atoms with van der Waals surface area (Å²) in [6.07, 6.45) is 9.11. The van der Waals surface area contributed by atoms with Crippen molar-refractivity contribution in [1.82, 2.24) is 0 Å². The average Bonchev–Trinajstić information content (AvgIpc) is 3.37. The Bertz CT molecular complexity index is 495. The third-order valence-corrected chi connectivity index (χ3v) is 5.27. The maximum absolute atomic E-state index is 9.64. The fourth-order valence-electron chi connectivity index (χ4n) is 3.38. The number of nitrogens with two attached hydrogens (primary N) is 1. The summed E-state index contributed by atoms with van der Waals surface area (Å²) >= 11 is 0. The van der Waals surface area contributed by atoms with E-state index in [1.54, 1.807) is 0 Å². The molecule has 142 valence electrons. The van der Waals surface area contributed by atoms with Gasteiger partial charge in [0.25, 0.3) is 0 Å². The van der Waals surface area contributed by atoms with Crippen LogP contribution in [0.3, 0.4) is 0 Å². The number of rotatable bonds is 12. The van der Waals surface area contributed by atoms with Gasteiger partial charge in [-0.05, 0) is 68.6 Å². The van der Waals surface area contributed by atoms with Gasteiger partial charge >= 0.3 is 0 Å². The molecular formula is C22H37NO2. The smallest absolute Gasteiger partial charge is 0.119 e. The highest BCUT2D eigenvalue weighted by molar-refractivity contribution is 5.27. The summed E-state index contributed by atoms with van der Waals surface area (Å²) < 4.78 is 6.01. The number of aryl methyl sites for hydroxylation is 1. The number of aliphatic hydroxyl groups is 1. The van der Waals surface area contributed by atoms with Gasteiger partial charge in [0.05, 0.1) is 12.7 Å². The van der Waals surface area contributed by atoms with Gasteiger partial charge in [-0.15, -0.1) is 0 Å². The van der Waals surface area contributed by atoms with E-state index in [-0.39, 0.29) is 12.7 Å². The van der Waals surface area contributed by atoms with Crippen molar-refractivity contribution >= 4 is 0 Å². The van der Waals surface area contributed by atoms with Crippen LogP contribution in [-0.2, 0) is 6.42 Å². The molecule has 0 saturated heterocycles. The van der Waals surface area contributed by atoms with Crippen molar-refractivity contribution in [3.05, 3.63) is 29.8 Å². The molecule has 1 saturated carbocycles. The molecule has 1 aromatic rings. The van der Waals surface area contributed by atoms with E-state index in [0.29, 0.717) is 0 Å². The van der Waals surface area contributed by atoms with Gasteiger partial charge in [-0.2, -0.15) is 0 Å². The first kappa shape index (κ1) is 20.3. The minimum Gasteiger partial charge on any atom is -0.491 e. The highest BCUT2D eigenvalue weighted by Gasteiger charge is 2.33. The van der Waals surface area contributed by atoms with Crippen LogP contribution in [0.5, 0.6) is 5.75 Å². The van der Waals surface area contributed by atoms with Gasteiger partial charge in [0.15, 0.2) is 0 Å². The van der Waals surface area contributed by atoms with Crippen LogP contribution in [0.4, 0.5) is 0 Å². The van der Waals surface area contributed by atoms with Crippen LogP contribution in [0, 0.1) is 11.8 Å². The third kappa shape index (κ3) is 7.79. The molecule has 3 nitrogen and oxygen atoms in total. The average molecular weight is 348 g/mol. The second-order valence-corrected chi connectivity index (χ2v) is 8.57. The lowest BCUT2D eigenvalue weighted by molar-refractivity contribution is 0.172. The molecule has 0 aromatic heterocycles. The summed E-state index contributed by atoms with van der Waals surface area (Å²) in [5.41, 5.74) is 7.22. The number of hydrogen-bond acceptors (Lipinski definition) is 3. The quantitative estimate of drug-likeness (QED) is 0.576. The van der Waals surface area contributed by atoms with E-state index in [9.17, 15) is 5.11 Å². The summed E-state index contributed by atoms with van der Waals surface area (Å²) in [6, 6.07) is 8.38. The highest BCUT2D eigenvalue weighted by Crippen LogP contribution is 2.37. The molecule has 0 bridgehead atoms. The normalized spacial score (nSPS) is 18.2. The first-order valence-electron chi connectivity index (χ1n) is 10.1. The Morgan fingerprint density at radius 2 is 1.84 bits per heavy atom. The maximum Gasteiger partial charge on any atom is 0.119 e. The standard InChI is InChI=1S/C22H37NO2/c1-17(2)5-4-6-18(3)25-21-11-9-19(10-12-21)13-14-22(23,16-24)15-20-7-8-20/h9-12,17-18,20,24H,4-8,13-16,23H2,1-3H3/t18-,22?/m0/s1. The van der Waals surface area contributed by atoms with Gasteiger partial charge in [0.1, 0.15) is 5.75 Å². The van der Waals surface area contributed by atoms with Gasteiger partial charge in [-0.25, -0.2) is 0 Å². The molecule has 2 atom stereocenters. The second-order valence-electron chi connectivity index (χ2n) is 8.57. The Hall–Kier alpha value is -1.06. The van der Waals surface area contributed by atoms with Crippen molar-refractivity contribution in [2.75, 3.05) is 6.61 Å². The van der Waals surface area contributed by atoms with Gasteiger partial charge in [-0.1, -0.05) is 45.2 Å². The Kier molecular flexibility index (Phi) is 7.77. The van der Waals surface area contributed by atoms with Crippen molar-refractivity contribution < 1.29 is 9.84 Å². The Labute approximate surface area is 154 Å². The maximum atomic E-state index is 9.64. The van der Waals surface area contributed by atoms with Crippen molar-refractivity contribution in [1.29, 1.82) is 0 Å². The topological polar surface area (TPSA) is 55.5 Å². The van der Waals surface area contributed by atoms with E-state index in [2.05, 4.69) is 45.0 Å². The van der Waals surface area contributed by atoms with E-state index in [1.807, 2.05) is 0 Å². The first-order valence-corrected chi connectivity index (χ1v) is 10.1. The van der Waals surface area contributed by atoms with E-state index in [4.69, 9.17) is 10.5 Å². The van der Waals surface area contributed by atoms with E-state index < -0.39 is 5.54 Å². The molecule has 1 aliphatic rings. The van der Waals surface area contributed by atoms with Crippen LogP contribution in [0.25, 0.3) is 0 Å². The Morgan fingerprint density at radius 3 is 2.40 bits per heavy atom. The first-order chi connectivity index (χ1) is 11.9. The SMILES string of the molecule is CC(C)CCC[C@H](C)Oc1ccc(CCC(N)(CO)CC2CC2)cc1. The number of benzene rings is 1. The van der Waals surface area contributed by atoms with Gasteiger partial charge < -0.3 is 15.6 Å². The molecule has 25 heavy (non-hydrogen) atoms. The molecule has 0 radical (unpaired) electrons. The largest absolute Gasteiger partial charge is 0.491 e. The molecule has 0 heterocycles. The molecule has 3 N–H and O–H groups in total. The molecule has 0 spiro atoms. The lowest BCUT2D eigenvalue weighted by Gasteiger charge is -2.27. The van der Waals surface area contributed by atoms with Crippen molar-refractivity contribution in [3.63, 3.8) is 0 Å². The lowest BCUT2D eigenvalue weighted by Crippen LogP contribution is -2.44. The van der Waals surface area contributed by atoms with Gasteiger partial charge in [-0.3, -0.25) is 0 Å². The van der Waals surface area contributed by atoms with Gasteiger partial charge in [0, 0.05) is 5.54 Å². The third-order valence-electron chi connectivity index (χ3n) is 5.27. The van der Waals surface area contributed by atoms with Crippen LogP contribution in [0.2, 0.25) is 0 Å². The van der Waals surface area contributed by atoms with Crippen molar-refractivity contribution in [2.45, 2.75) is 83.8 Å². The second kappa shape index (κ2) is 9.59. The van der Waals surface area contributed by atoms with E-state index >= 15 is 0 Å². The van der Waals surface area contributed by atoms with Crippen molar-refractivity contribution in [2.24, 2.45) is 17.6 Å². The molecular weight excluding hydrogens is 310 g/mol. The zero-order valence-corrected chi connectivity index (χ0v) is 16.3.